The van der Waals surface area contributed by atoms with Crippen molar-refractivity contribution in [3.63, 3.8) is 0 Å². The molecule has 1 aromatic heterocycles. The molecule has 1 N–H and O–H groups in total. The van der Waals surface area contributed by atoms with E-state index in [0.717, 1.165) is 31.4 Å². The third-order valence-electron chi connectivity index (χ3n) is 4.32. The Labute approximate surface area is 149 Å². The summed E-state index contributed by atoms with van der Waals surface area (Å²) < 4.78 is 51.2. The van der Waals surface area contributed by atoms with Crippen LogP contribution < -0.4 is 10.2 Å². The lowest BCUT2D eigenvalue weighted by molar-refractivity contribution is -0.141. The van der Waals surface area contributed by atoms with Crippen LogP contribution in [0.1, 0.15) is 5.69 Å². The van der Waals surface area contributed by atoms with E-state index in [4.69, 9.17) is 0 Å². The molecule has 0 bridgehead atoms. The summed E-state index contributed by atoms with van der Waals surface area (Å²) in [6.45, 7) is 4.29. The van der Waals surface area contributed by atoms with Crippen molar-refractivity contribution in [2.75, 3.05) is 49.5 Å². The molecule has 1 saturated heterocycles. The van der Waals surface area contributed by atoms with Gasteiger partial charge in [0, 0.05) is 45.0 Å². The minimum absolute atomic E-state index is 0.269. The zero-order chi connectivity index (χ0) is 18.6. The molecular weight excluding hydrogens is 348 g/mol. The van der Waals surface area contributed by atoms with Crippen LogP contribution in [0.5, 0.6) is 0 Å². The molecule has 0 saturated carbocycles. The van der Waals surface area contributed by atoms with Crippen LogP contribution in [0.4, 0.5) is 29.1 Å². The van der Waals surface area contributed by atoms with Crippen LogP contribution in [0.25, 0.3) is 0 Å². The molecule has 26 heavy (non-hydrogen) atoms. The number of halogens is 4. The molecule has 0 aliphatic carbocycles. The predicted molar refractivity (Wildman–Crippen MR) is 92.8 cm³/mol. The molecule has 0 spiro atoms. The Morgan fingerprint density at radius 3 is 2.31 bits per heavy atom. The highest BCUT2D eigenvalue weighted by atomic mass is 19.4. The smallest absolute Gasteiger partial charge is 0.384 e. The summed E-state index contributed by atoms with van der Waals surface area (Å²) in [5, 5.41) is 3.23. The van der Waals surface area contributed by atoms with Gasteiger partial charge in [0.15, 0.2) is 0 Å². The number of hydrogen-bond donors (Lipinski definition) is 1. The van der Waals surface area contributed by atoms with Gasteiger partial charge in [-0.1, -0.05) is 6.07 Å². The van der Waals surface area contributed by atoms with Gasteiger partial charge in [0.25, 0.3) is 0 Å². The van der Waals surface area contributed by atoms with Crippen LogP contribution in [0.2, 0.25) is 0 Å². The Kier molecular flexibility index (Phi) is 5.61. The number of nitrogens with one attached hydrogen (secondary N) is 1. The molecule has 8 heteroatoms. The van der Waals surface area contributed by atoms with Crippen LogP contribution in [0, 0.1) is 5.82 Å². The monoisotopic (exact) mass is 368 g/mol. The molecule has 2 heterocycles. The second-order valence-electron chi connectivity index (χ2n) is 6.14. The summed E-state index contributed by atoms with van der Waals surface area (Å²) >= 11 is 0. The lowest BCUT2D eigenvalue weighted by atomic mass is 10.2. The van der Waals surface area contributed by atoms with Gasteiger partial charge in [0.2, 0.25) is 0 Å². The number of anilines is 2. The van der Waals surface area contributed by atoms with E-state index in [0.29, 0.717) is 25.5 Å². The van der Waals surface area contributed by atoms with Crippen LogP contribution in [-0.4, -0.2) is 49.2 Å². The van der Waals surface area contributed by atoms with Crippen molar-refractivity contribution in [1.29, 1.82) is 0 Å². The first kappa shape index (κ1) is 18.4. The molecule has 1 fully saturated rings. The van der Waals surface area contributed by atoms with E-state index < -0.39 is 11.9 Å². The van der Waals surface area contributed by atoms with Crippen LogP contribution in [0.3, 0.4) is 0 Å². The first-order valence-corrected chi connectivity index (χ1v) is 8.43. The number of nitrogens with zero attached hydrogens (tertiary/aromatic N) is 3. The molecule has 2 aromatic rings. The SMILES string of the molecule is Fc1ccc(NCCN2CCN(c3cccc(C(F)(F)F)n3)CC2)cc1. The maximum Gasteiger partial charge on any atom is 0.433 e. The summed E-state index contributed by atoms with van der Waals surface area (Å²) in [5.74, 6) is 0.0961. The normalized spacial score (nSPS) is 15.9. The number of rotatable bonds is 5. The summed E-state index contributed by atoms with van der Waals surface area (Å²) in [4.78, 5) is 7.85. The van der Waals surface area contributed by atoms with Gasteiger partial charge in [0.05, 0.1) is 0 Å². The van der Waals surface area contributed by atoms with Gasteiger partial charge in [-0.3, -0.25) is 4.90 Å². The van der Waals surface area contributed by atoms with Gasteiger partial charge < -0.3 is 10.2 Å². The summed E-state index contributed by atoms with van der Waals surface area (Å²) in [5.41, 5.74) is -0.000806. The minimum Gasteiger partial charge on any atom is -0.384 e. The average molecular weight is 368 g/mol. The van der Waals surface area contributed by atoms with Crippen LogP contribution in [0.15, 0.2) is 42.5 Å². The fraction of sp³-hybridized carbons (Fsp3) is 0.389. The standard InChI is InChI=1S/C18H20F4N4/c19-14-4-6-15(7-5-14)23-8-9-25-10-12-26(13-11-25)17-3-1-2-16(24-17)18(20,21)22/h1-7,23H,8-13H2. The van der Waals surface area contributed by atoms with Gasteiger partial charge >= 0.3 is 6.18 Å². The number of pyridine rings is 1. The highest BCUT2D eigenvalue weighted by Gasteiger charge is 2.33. The summed E-state index contributed by atoms with van der Waals surface area (Å²) in [6.07, 6.45) is -4.43. The van der Waals surface area contributed by atoms with Gasteiger partial charge in [-0.2, -0.15) is 13.2 Å². The van der Waals surface area contributed by atoms with Crippen molar-refractivity contribution in [1.82, 2.24) is 9.88 Å². The van der Waals surface area contributed by atoms with E-state index in [1.54, 1.807) is 18.2 Å². The molecular formula is C18H20F4N4. The number of hydrogen-bond acceptors (Lipinski definition) is 4. The van der Waals surface area contributed by atoms with Gasteiger partial charge in [-0.15, -0.1) is 0 Å². The number of piperazine rings is 1. The Balaban J connectivity index is 1.46. The van der Waals surface area contributed by atoms with Crippen molar-refractivity contribution in [3.8, 4) is 0 Å². The quantitative estimate of drug-likeness (QED) is 0.819. The van der Waals surface area contributed by atoms with E-state index in [-0.39, 0.29) is 5.82 Å². The third kappa shape index (κ3) is 4.85. The minimum atomic E-state index is -4.43. The highest BCUT2D eigenvalue weighted by molar-refractivity contribution is 5.43. The van der Waals surface area contributed by atoms with Crippen LogP contribution in [-0.2, 0) is 6.18 Å². The largest absolute Gasteiger partial charge is 0.433 e. The first-order valence-electron chi connectivity index (χ1n) is 8.43. The van der Waals surface area contributed by atoms with E-state index >= 15 is 0 Å². The molecule has 3 rings (SSSR count). The maximum absolute atomic E-state index is 12.9. The Morgan fingerprint density at radius 2 is 1.65 bits per heavy atom. The molecule has 4 nitrogen and oxygen atoms in total. The Bertz CT molecular complexity index is 710. The molecule has 0 radical (unpaired) electrons. The fourth-order valence-corrected chi connectivity index (χ4v) is 2.88. The van der Waals surface area contributed by atoms with Gasteiger partial charge in [-0.25, -0.2) is 9.37 Å². The fourth-order valence-electron chi connectivity index (χ4n) is 2.88. The lowest BCUT2D eigenvalue weighted by Gasteiger charge is -2.35. The van der Waals surface area contributed by atoms with Crippen molar-refractivity contribution in [2.24, 2.45) is 0 Å². The van der Waals surface area contributed by atoms with Gasteiger partial charge in [-0.05, 0) is 36.4 Å². The highest BCUT2D eigenvalue weighted by Crippen LogP contribution is 2.29. The Morgan fingerprint density at radius 1 is 0.962 bits per heavy atom. The lowest BCUT2D eigenvalue weighted by Crippen LogP contribution is -2.48. The molecule has 140 valence electrons. The zero-order valence-electron chi connectivity index (χ0n) is 14.1. The molecule has 1 aromatic carbocycles. The predicted octanol–water partition coefficient (Wildman–Crippen LogP) is 3.47. The van der Waals surface area contributed by atoms with E-state index in [9.17, 15) is 17.6 Å². The van der Waals surface area contributed by atoms with Gasteiger partial charge in [0.1, 0.15) is 17.3 Å². The average Bonchev–Trinajstić information content (AvgIpc) is 2.63. The zero-order valence-corrected chi connectivity index (χ0v) is 14.1. The van der Waals surface area contributed by atoms with Crippen molar-refractivity contribution >= 4 is 11.5 Å². The Hall–Kier alpha value is -2.35. The number of benzene rings is 1. The van der Waals surface area contributed by atoms with Crippen molar-refractivity contribution in [3.05, 3.63) is 54.0 Å². The van der Waals surface area contributed by atoms with Crippen molar-refractivity contribution < 1.29 is 17.6 Å². The third-order valence-corrected chi connectivity index (χ3v) is 4.32. The summed E-state index contributed by atoms with van der Waals surface area (Å²) in [6, 6.07) is 10.2. The molecule has 1 aliphatic heterocycles. The number of aromatic nitrogens is 1. The molecule has 0 atom stereocenters. The van der Waals surface area contributed by atoms with E-state index in [1.165, 1.54) is 18.2 Å². The summed E-state index contributed by atoms with van der Waals surface area (Å²) in [7, 11) is 0. The topological polar surface area (TPSA) is 31.4 Å². The number of alkyl halides is 3. The first-order chi connectivity index (χ1) is 12.4. The van der Waals surface area contributed by atoms with Crippen LogP contribution >= 0.6 is 0 Å². The second-order valence-corrected chi connectivity index (χ2v) is 6.14. The molecule has 0 amide bonds. The molecule has 1 aliphatic rings. The molecule has 0 unspecified atom stereocenters. The van der Waals surface area contributed by atoms with Crippen molar-refractivity contribution in [2.45, 2.75) is 6.18 Å². The second kappa shape index (κ2) is 7.90. The van der Waals surface area contributed by atoms with E-state index in [2.05, 4.69) is 15.2 Å². The van der Waals surface area contributed by atoms with E-state index in [1.807, 2.05) is 4.90 Å². The maximum atomic E-state index is 12.9.